The van der Waals surface area contributed by atoms with Crippen molar-refractivity contribution in [3.05, 3.63) is 23.4 Å². The van der Waals surface area contributed by atoms with E-state index < -0.39 is 23.3 Å². The van der Waals surface area contributed by atoms with E-state index in [2.05, 4.69) is 10.3 Å². The Hall–Kier alpha value is -1.79. The van der Waals surface area contributed by atoms with E-state index in [1.165, 1.54) is 0 Å². The zero-order chi connectivity index (χ0) is 15.1. The number of carbonyl (C=O) groups is 1. The summed E-state index contributed by atoms with van der Waals surface area (Å²) in [5.41, 5.74) is 3.67. The monoisotopic (exact) mass is 287 g/mol. The highest BCUT2D eigenvalue weighted by Crippen LogP contribution is 2.41. The van der Waals surface area contributed by atoms with Crippen molar-refractivity contribution in [1.29, 1.82) is 0 Å². The molecule has 1 aromatic heterocycles. The highest BCUT2D eigenvalue weighted by atomic mass is 19.4. The molecule has 1 fully saturated rings. The molecule has 1 aliphatic carbocycles. The van der Waals surface area contributed by atoms with Gasteiger partial charge in [0, 0.05) is 5.54 Å². The summed E-state index contributed by atoms with van der Waals surface area (Å²) in [5, 5.41) is 2.93. The molecule has 0 radical (unpaired) electrons. The molecule has 2 rings (SSSR count). The minimum Gasteiger partial charge on any atom is -0.365 e. The Morgan fingerprint density at radius 1 is 1.35 bits per heavy atom. The fourth-order valence-corrected chi connectivity index (χ4v) is 2.12. The third kappa shape index (κ3) is 3.02. The number of amides is 1. The fraction of sp³-hybridized carbons (Fsp3) is 0.538. The van der Waals surface area contributed by atoms with Gasteiger partial charge in [0.2, 0.25) is 0 Å². The van der Waals surface area contributed by atoms with Gasteiger partial charge in [0.25, 0.3) is 5.91 Å². The number of nitrogens with zero attached hydrogens (tertiary/aromatic N) is 1. The van der Waals surface area contributed by atoms with Crippen LogP contribution in [0, 0.1) is 5.92 Å². The van der Waals surface area contributed by atoms with Crippen LogP contribution in [0.3, 0.4) is 0 Å². The second kappa shape index (κ2) is 4.64. The second-order valence-corrected chi connectivity index (χ2v) is 5.58. The molecule has 0 bridgehead atoms. The summed E-state index contributed by atoms with van der Waals surface area (Å²) >= 11 is 0. The highest BCUT2D eigenvalue weighted by Gasteiger charge is 2.39. The molecule has 1 heterocycles. The van der Waals surface area contributed by atoms with Gasteiger partial charge in [0.1, 0.15) is 11.5 Å². The highest BCUT2D eigenvalue weighted by molar-refractivity contribution is 5.97. The lowest BCUT2D eigenvalue weighted by molar-refractivity contribution is -0.141. The number of halogens is 3. The number of nitrogens with one attached hydrogen (secondary N) is 1. The summed E-state index contributed by atoms with van der Waals surface area (Å²) < 4.78 is 38.1. The number of primary amides is 1. The number of nitrogens with two attached hydrogens (primary N) is 1. The zero-order valence-corrected chi connectivity index (χ0v) is 11.2. The van der Waals surface area contributed by atoms with Crippen molar-refractivity contribution in [2.45, 2.75) is 38.4 Å². The topological polar surface area (TPSA) is 68.0 Å². The van der Waals surface area contributed by atoms with E-state index in [9.17, 15) is 18.0 Å². The van der Waals surface area contributed by atoms with Crippen LogP contribution in [0.4, 0.5) is 19.0 Å². The largest absolute Gasteiger partial charge is 0.433 e. The summed E-state index contributed by atoms with van der Waals surface area (Å²) in [6.07, 6.45) is -2.55. The van der Waals surface area contributed by atoms with Crippen molar-refractivity contribution >= 4 is 11.7 Å². The van der Waals surface area contributed by atoms with Gasteiger partial charge in [0.05, 0.1) is 5.56 Å². The molecule has 1 aromatic rings. The van der Waals surface area contributed by atoms with Crippen LogP contribution in [0.1, 0.15) is 42.7 Å². The third-order valence-corrected chi connectivity index (χ3v) is 3.49. The first-order chi connectivity index (χ1) is 9.11. The van der Waals surface area contributed by atoms with Gasteiger partial charge in [-0.15, -0.1) is 0 Å². The van der Waals surface area contributed by atoms with Crippen LogP contribution in [0.25, 0.3) is 0 Å². The lowest BCUT2D eigenvalue weighted by Gasteiger charge is -2.28. The number of hydrogen-bond acceptors (Lipinski definition) is 3. The number of alkyl halides is 3. The predicted octanol–water partition coefficient (Wildman–Crippen LogP) is 2.80. The summed E-state index contributed by atoms with van der Waals surface area (Å²) in [4.78, 5) is 14.8. The Morgan fingerprint density at radius 3 is 2.40 bits per heavy atom. The lowest BCUT2D eigenvalue weighted by atomic mass is 9.98. The molecule has 1 aliphatic rings. The normalized spacial score (nSPS) is 16.1. The maximum atomic E-state index is 12.7. The zero-order valence-electron chi connectivity index (χ0n) is 11.2. The Labute approximate surface area is 114 Å². The average molecular weight is 287 g/mol. The quantitative estimate of drug-likeness (QED) is 0.894. The number of carbonyl (C=O) groups excluding carboxylic acids is 1. The van der Waals surface area contributed by atoms with Crippen molar-refractivity contribution < 1.29 is 18.0 Å². The van der Waals surface area contributed by atoms with Crippen LogP contribution < -0.4 is 11.1 Å². The molecule has 1 saturated carbocycles. The smallest absolute Gasteiger partial charge is 0.365 e. The third-order valence-electron chi connectivity index (χ3n) is 3.49. The van der Waals surface area contributed by atoms with Crippen molar-refractivity contribution in [3.63, 3.8) is 0 Å². The molecule has 20 heavy (non-hydrogen) atoms. The van der Waals surface area contributed by atoms with Crippen LogP contribution in [-0.4, -0.2) is 16.4 Å². The van der Waals surface area contributed by atoms with E-state index in [1.807, 2.05) is 13.8 Å². The molecule has 7 heteroatoms. The molecule has 0 saturated heterocycles. The molecule has 0 spiro atoms. The van der Waals surface area contributed by atoms with E-state index in [0.717, 1.165) is 25.0 Å². The molecule has 0 aromatic carbocycles. The number of pyridine rings is 1. The first-order valence-electron chi connectivity index (χ1n) is 6.27. The molecule has 110 valence electrons. The van der Waals surface area contributed by atoms with Crippen LogP contribution in [-0.2, 0) is 6.18 Å². The van der Waals surface area contributed by atoms with Gasteiger partial charge < -0.3 is 11.1 Å². The van der Waals surface area contributed by atoms with E-state index >= 15 is 0 Å². The second-order valence-electron chi connectivity index (χ2n) is 5.58. The molecule has 0 aliphatic heterocycles. The Kier molecular flexibility index (Phi) is 3.39. The first-order valence-corrected chi connectivity index (χ1v) is 6.27. The lowest BCUT2D eigenvalue weighted by Crippen LogP contribution is -2.35. The minimum atomic E-state index is -4.56. The van der Waals surface area contributed by atoms with Gasteiger partial charge in [-0.3, -0.25) is 4.79 Å². The van der Waals surface area contributed by atoms with E-state index in [1.54, 1.807) is 0 Å². The van der Waals surface area contributed by atoms with Gasteiger partial charge in [0.15, 0.2) is 0 Å². The summed E-state index contributed by atoms with van der Waals surface area (Å²) in [7, 11) is 0. The van der Waals surface area contributed by atoms with Crippen molar-refractivity contribution in [1.82, 2.24) is 4.98 Å². The average Bonchev–Trinajstić information content (AvgIpc) is 3.10. The Balaban J connectivity index is 2.39. The molecule has 4 nitrogen and oxygen atoms in total. The van der Waals surface area contributed by atoms with Crippen LogP contribution in [0.5, 0.6) is 0 Å². The van der Waals surface area contributed by atoms with Crippen LogP contribution in [0.15, 0.2) is 12.1 Å². The van der Waals surface area contributed by atoms with Gasteiger partial charge in [-0.05, 0) is 44.7 Å². The fourth-order valence-electron chi connectivity index (χ4n) is 2.12. The molecular weight excluding hydrogens is 271 g/mol. The van der Waals surface area contributed by atoms with Crippen LogP contribution in [0.2, 0.25) is 0 Å². The molecule has 1 amide bonds. The summed E-state index contributed by atoms with van der Waals surface area (Å²) in [6, 6.07) is 1.82. The van der Waals surface area contributed by atoms with E-state index in [-0.39, 0.29) is 11.4 Å². The maximum Gasteiger partial charge on any atom is 0.433 e. The molecule has 3 N–H and O–H groups in total. The maximum absolute atomic E-state index is 12.7. The standard InChI is InChI=1S/C13H16F3N3O/c1-12(2,7-3-4-7)19-11-8(10(17)20)5-6-9(18-11)13(14,15)16/h5-7H,3-4H2,1-2H3,(H2,17,20)(H,18,19). The first kappa shape index (κ1) is 14.6. The van der Waals surface area contributed by atoms with Gasteiger partial charge >= 0.3 is 6.18 Å². The SMILES string of the molecule is CC(C)(Nc1nc(C(F)(F)F)ccc1C(N)=O)C1CC1. The minimum absolute atomic E-state index is 0.0354. The molecule has 0 atom stereocenters. The van der Waals surface area contributed by atoms with Crippen LogP contribution >= 0.6 is 0 Å². The number of hydrogen-bond donors (Lipinski definition) is 2. The van der Waals surface area contributed by atoms with Gasteiger partial charge in [-0.2, -0.15) is 13.2 Å². The Morgan fingerprint density at radius 2 is 1.95 bits per heavy atom. The summed E-state index contributed by atoms with van der Waals surface area (Å²) in [5.74, 6) is -0.552. The van der Waals surface area contributed by atoms with Crippen molar-refractivity contribution in [2.75, 3.05) is 5.32 Å². The van der Waals surface area contributed by atoms with Gasteiger partial charge in [-0.1, -0.05) is 0 Å². The number of anilines is 1. The summed E-state index contributed by atoms with van der Waals surface area (Å²) in [6.45, 7) is 3.74. The Bertz CT molecular complexity index is 536. The molecular formula is C13H16F3N3O. The number of rotatable bonds is 4. The van der Waals surface area contributed by atoms with E-state index in [0.29, 0.717) is 5.92 Å². The predicted molar refractivity (Wildman–Crippen MR) is 68.2 cm³/mol. The van der Waals surface area contributed by atoms with Crippen molar-refractivity contribution in [3.8, 4) is 0 Å². The molecule has 0 unspecified atom stereocenters. The van der Waals surface area contributed by atoms with Crippen molar-refractivity contribution in [2.24, 2.45) is 11.7 Å². The number of aromatic nitrogens is 1. The van der Waals surface area contributed by atoms with Gasteiger partial charge in [-0.25, -0.2) is 4.98 Å². The van der Waals surface area contributed by atoms with E-state index in [4.69, 9.17) is 5.73 Å².